The van der Waals surface area contributed by atoms with Crippen LogP contribution in [-0.4, -0.2) is 44.4 Å². The van der Waals surface area contributed by atoms with Crippen molar-refractivity contribution in [1.82, 2.24) is 14.9 Å². The average molecular weight is 353 g/mol. The quantitative estimate of drug-likeness (QED) is 0.894. The maximum Gasteiger partial charge on any atom is 0.308 e. The molecule has 136 valence electrons. The topological polar surface area (TPSA) is 83.4 Å². The average Bonchev–Trinajstić information content (AvgIpc) is 2.68. The SMILES string of the molecule is CCC1CCC(C(=O)O)CN1C(=O)Cc1ccc(-c2cncnc2)cc1. The number of carbonyl (C=O) groups excluding carboxylic acids is 1. The fourth-order valence-electron chi connectivity index (χ4n) is 3.50. The van der Waals surface area contributed by atoms with Gasteiger partial charge in [-0.2, -0.15) is 0 Å². The summed E-state index contributed by atoms with van der Waals surface area (Å²) in [5.74, 6) is -1.27. The highest BCUT2D eigenvalue weighted by Crippen LogP contribution is 2.25. The van der Waals surface area contributed by atoms with Crippen LogP contribution in [0.25, 0.3) is 11.1 Å². The van der Waals surface area contributed by atoms with Gasteiger partial charge >= 0.3 is 5.97 Å². The van der Waals surface area contributed by atoms with E-state index in [-0.39, 0.29) is 18.4 Å². The number of hydrogen-bond acceptors (Lipinski definition) is 4. The van der Waals surface area contributed by atoms with Crippen LogP contribution >= 0.6 is 0 Å². The second kappa shape index (κ2) is 8.08. The van der Waals surface area contributed by atoms with Crippen LogP contribution in [0.15, 0.2) is 43.0 Å². The van der Waals surface area contributed by atoms with Crippen molar-refractivity contribution in [3.63, 3.8) is 0 Å². The Morgan fingerprint density at radius 3 is 2.42 bits per heavy atom. The fourth-order valence-corrected chi connectivity index (χ4v) is 3.50. The van der Waals surface area contributed by atoms with E-state index in [0.717, 1.165) is 29.5 Å². The number of likely N-dealkylation sites (tertiary alicyclic amines) is 1. The molecule has 1 saturated heterocycles. The highest BCUT2D eigenvalue weighted by Gasteiger charge is 2.33. The molecule has 3 rings (SSSR count). The summed E-state index contributed by atoms with van der Waals surface area (Å²) in [6.45, 7) is 2.36. The van der Waals surface area contributed by atoms with E-state index in [2.05, 4.69) is 9.97 Å². The zero-order chi connectivity index (χ0) is 18.5. The second-order valence-corrected chi connectivity index (χ2v) is 6.72. The lowest BCUT2D eigenvalue weighted by molar-refractivity contribution is -0.147. The Labute approximate surface area is 152 Å². The van der Waals surface area contributed by atoms with Crippen LogP contribution in [-0.2, 0) is 16.0 Å². The van der Waals surface area contributed by atoms with Crippen molar-refractivity contribution in [3.05, 3.63) is 48.5 Å². The van der Waals surface area contributed by atoms with Gasteiger partial charge in [0.05, 0.1) is 12.3 Å². The molecule has 26 heavy (non-hydrogen) atoms. The third kappa shape index (κ3) is 4.07. The number of aromatic nitrogens is 2. The summed E-state index contributed by atoms with van der Waals surface area (Å²) in [5, 5.41) is 9.28. The predicted molar refractivity (Wildman–Crippen MR) is 97.3 cm³/mol. The Bertz CT molecular complexity index is 762. The number of nitrogens with zero attached hydrogens (tertiary/aromatic N) is 3. The molecule has 6 nitrogen and oxygen atoms in total. The largest absolute Gasteiger partial charge is 0.481 e. The minimum absolute atomic E-state index is 0.00130. The third-order valence-corrected chi connectivity index (χ3v) is 5.05. The second-order valence-electron chi connectivity index (χ2n) is 6.72. The number of aliphatic carboxylic acids is 1. The van der Waals surface area contributed by atoms with Gasteiger partial charge in [0, 0.05) is 30.5 Å². The van der Waals surface area contributed by atoms with Crippen molar-refractivity contribution in [1.29, 1.82) is 0 Å². The van der Waals surface area contributed by atoms with Gasteiger partial charge in [-0.15, -0.1) is 0 Å². The van der Waals surface area contributed by atoms with Crippen molar-refractivity contribution in [3.8, 4) is 11.1 Å². The molecule has 1 aromatic heterocycles. The Morgan fingerprint density at radius 2 is 1.81 bits per heavy atom. The molecule has 0 aliphatic carbocycles. The van der Waals surface area contributed by atoms with Gasteiger partial charge < -0.3 is 10.0 Å². The zero-order valence-electron chi connectivity index (χ0n) is 14.8. The number of piperidine rings is 1. The highest BCUT2D eigenvalue weighted by atomic mass is 16.4. The first-order valence-electron chi connectivity index (χ1n) is 8.95. The summed E-state index contributed by atoms with van der Waals surface area (Å²) in [5.41, 5.74) is 2.84. The molecule has 1 N–H and O–H groups in total. The zero-order valence-corrected chi connectivity index (χ0v) is 14.8. The van der Waals surface area contributed by atoms with Crippen LogP contribution < -0.4 is 0 Å². The minimum atomic E-state index is -0.813. The summed E-state index contributed by atoms with van der Waals surface area (Å²) >= 11 is 0. The van der Waals surface area contributed by atoms with E-state index in [1.54, 1.807) is 17.3 Å². The fraction of sp³-hybridized carbons (Fsp3) is 0.400. The van der Waals surface area contributed by atoms with E-state index in [0.29, 0.717) is 13.0 Å². The van der Waals surface area contributed by atoms with E-state index in [1.165, 1.54) is 6.33 Å². The van der Waals surface area contributed by atoms with Gasteiger partial charge in [0.25, 0.3) is 0 Å². The van der Waals surface area contributed by atoms with Gasteiger partial charge in [-0.25, -0.2) is 9.97 Å². The number of amides is 1. The summed E-state index contributed by atoms with van der Waals surface area (Å²) in [7, 11) is 0. The summed E-state index contributed by atoms with van der Waals surface area (Å²) in [6, 6.07) is 7.91. The molecule has 6 heteroatoms. The van der Waals surface area contributed by atoms with Gasteiger partial charge in [-0.05, 0) is 30.4 Å². The van der Waals surface area contributed by atoms with E-state index in [1.807, 2.05) is 31.2 Å². The molecule has 1 aliphatic rings. The number of carboxylic acid groups (broad SMARTS) is 1. The predicted octanol–water partition coefficient (Wildman–Crippen LogP) is 2.79. The molecule has 1 fully saturated rings. The molecule has 2 heterocycles. The maximum atomic E-state index is 12.8. The molecule has 1 amide bonds. The molecular weight excluding hydrogens is 330 g/mol. The molecule has 2 atom stereocenters. The van der Waals surface area contributed by atoms with Crippen molar-refractivity contribution < 1.29 is 14.7 Å². The lowest BCUT2D eigenvalue weighted by Crippen LogP contribution is -2.48. The Balaban J connectivity index is 1.69. The Morgan fingerprint density at radius 1 is 1.12 bits per heavy atom. The molecule has 0 radical (unpaired) electrons. The third-order valence-electron chi connectivity index (χ3n) is 5.05. The first kappa shape index (κ1) is 18.0. The van der Waals surface area contributed by atoms with Crippen LogP contribution in [0.2, 0.25) is 0 Å². The first-order valence-corrected chi connectivity index (χ1v) is 8.95. The van der Waals surface area contributed by atoms with Crippen molar-refractivity contribution in [2.24, 2.45) is 5.92 Å². The van der Waals surface area contributed by atoms with Gasteiger partial charge in [0.1, 0.15) is 6.33 Å². The van der Waals surface area contributed by atoms with E-state index in [9.17, 15) is 14.7 Å². The summed E-state index contributed by atoms with van der Waals surface area (Å²) in [4.78, 5) is 33.9. The molecule has 1 aromatic carbocycles. The van der Waals surface area contributed by atoms with Crippen LogP contribution in [0.1, 0.15) is 31.7 Å². The molecule has 0 saturated carbocycles. The lowest BCUT2D eigenvalue weighted by atomic mass is 9.91. The Hall–Kier alpha value is -2.76. The first-order chi connectivity index (χ1) is 12.6. The molecule has 2 aromatic rings. The standard InChI is InChI=1S/C20H23N3O3/c1-2-18-8-7-16(20(25)26)12-23(18)19(24)9-14-3-5-15(6-4-14)17-10-21-13-22-11-17/h3-6,10-11,13,16,18H,2,7-9,12H2,1H3,(H,25,26). The van der Waals surface area contributed by atoms with Gasteiger partial charge in [-0.1, -0.05) is 31.2 Å². The van der Waals surface area contributed by atoms with Gasteiger partial charge in [0.2, 0.25) is 5.91 Å². The van der Waals surface area contributed by atoms with Crippen LogP contribution in [0.4, 0.5) is 0 Å². The van der Waals surface area contributed by atoms with Crippen LogP contribution in [0.5, 0.6) is 0 Å². The van der Waals surface area contributed by atoms with Crippen molar-refractivity contribution in [2.45, 2.75) is 38.6 Å². The van der Waals surface area contributed by atoms with E-state index >= 15 is 0 Å². The molecule has 1 aliphatic heterocycles. The smallest absolute Gasteiger partial charge is 0.308 e. The number of rotatable bonds is 5. The van der Waals surface area contributed by atoms with E-state index < -0.39 is 11.9 Å². The highest BCUT2D eigenvalue weighted by molar-refractivity contribution is 5.80. The van der Waals surface area contributed by atoms with Crippen molar-refractivity contribution in [2.75, 3.05) is 6.54 Å². The molecule has 0 spiro atoms. The van der Waals surface area contributed by atoms with E-state index in [4.69, 9.17) is 0 Å². The monoisotopic (exact) mass is 353 g/mol. The van der Waals surface area contributed by atoms with Gasteiger partial charge in [0.15, 0.2) is 0 Å². The summed E-state index contributed by atoms with van der Waals surface area (Å²) in [6.07, 6.45) is 7.53. The minimum Gasteiger partial charge on any atom is -0.481 e. The van der Waals surface area contributed by atoms with Crippen LogP contribution in [0, 0.1) is 5.92 Å². The molecule has 0 bridgehead atoms. The lowest BCUT2D eigenvalue weighted by Gasteiger charge is -2.38. The Kier molecular flexibility index (Phi) is 5.61. The van der Waals surface area contributed by atoms with Gasteiger partial charge in [-0.3, -0.25) is 9.59 Å². The normalized spacial score (nSPS) is 20.0. The number of carbonyl (C=O) groups is 2. The number of hydrogen-bond donors (Lipinski definition) is 1. The number of benzene rings is 1. The number of carboxylic acids is 1. The molecular formula is C20H23N3O3. The van der Waals surface area contributed by atoms with Crippen LogP contribution in [0.3, 0.4) is 0 Å². The summed E-state index contributed by atoms with van der Waals surface area (Å²) < 4.78 is 0. The molecule has 2 unspecified atom stereocenters. The maximum absolute atomic E-state index is 12.8. The van der Waals surface area contributed by atoms with Crippen molar-refractivity contribution >= 4 is 11.9 Å².